The molecule has 0 aliphatic carbocycles. The van der Waals surface area contributed by atoms with Gasteiger partial charge < -0.3 is 5.32 Å². The van der Waals surface area contributed by atoms with Gasteiger partial charge in [0.1, 0.15) is 5.69 Å². The molecule has 1 N–H and O–H groups in total. The van der Waals surface area contributed by atoms with Crippen LogP contribution in [0.1, 0.15) is 35.1 Å². The minimum absolute atomic E-state index is 0.111. The predicted octanol–water partition coefficient (Wildman–Crippen LogP) is 1.89. The van der Waals surface area contributed by atoms with Crippen LogP contribution in [0.15, 0.2) is 0 Å². The van der Waals surface area contributed by atoms with E-state index in [4.69, 9.17) is 11.6 Å². The summed E-state index contributed by atoms with van der Waals surface area (Å²) in [5.41, 5.74) is 1.87. The lowest BCUT2D eigenvalue weighted by Crippen LogP contribution is -2.26. The zero-order valence-electron chi connectivity index (χ0n) is 9.09. The van der Waals surface area contributed by atoms with E-state index in [0.29, 0.717) is 12.2 Å². The number of hydrogen-bond donors (Lipinski definition) is 1. The van der Waals surface area contributed by atoms with Crippen molar-refractivity contribution in [2.75, 3.05) is 6.54 Å². The summed E-state index contributed by atoms with van der Waals surface area (Å²) in [7, 11) is 0. The van der Waals surface area contributed by atoms with Crippen molar-refractivity contribution in [1.29, 1.82) is 0 Å². The summed E-state index contributed by atoms with van der Waals surface area (Å²) in [5.74, 6) is -0.193. The number of nitrogens with zero attached hydrogens (tertiary/aromatic N) is 2. The van der Waals surface area contributed by atoms with Crippen molar-refractivity contribution < 1.29 is 4.79 Å². The third kappa shape index (κ3) is 2.89. The van der Waals surface area contributed by atoms with E-state index in [0.717, 1.165) is 17.7 Å². The Morgan fingerprint density at radius 1 is 1.40 bits per heavy atom. The molecule has 4 nitrogen and oxygen atoms in total. The summed E-state index contributed by atoms with van der Waals surface area (Å²) in [6.45, 7) is 6.25. The smallest absolute Gasteiger partial charge is 0.270 e. The van der Waals surface area contributed by atoms with Crippen LogP contribution in [-0.2, 0) is 0 Å². The molecule has 0 aliphatic rings. The summed E-state index contributed by atoms with van der Waals surface area (Å²) in [5, 5.41) is 2.87. The molecule has 5 heteroatoms. The van der Waals surface area contributed by atoms with E-state index in [2.05, 4.69) is 15.3 Å². The summed E-state index contributed by atoms with van der Waals surface area (Å²) in [4.78, 5) is 19.6. The highest BCUT2D eigenvalue weighted by Gasteiger charge is 2.13. The van der Waals surface area contributed by atoms with Crippen molar-refractivity contribution in [3.8, 4) is 0 Å². The van der Waals surface area contributed by atoms with Crippen molar-refractivity contribution >= 4 is 17.5 Å². The lowest BCUT2D eigenvalue weighted by molar-refractivity contribution is 0.0947. The molecular formula is C10H14ClN3O. The number of hydrogen-bond acceptors (Lipinski definition) is 3. The Morgan fingerprint density at radius 2 is 2.07 bits per heavy atom. The lowest BCUT2D eigenvalue weighted by Gasteiger charge is -2.07. The molecule has 0 bridgehead atoms. The van der Waals surface area contributed by atoms with Crippen LogP contribution in [0.5, 0.6) is 0 Å². The molecule has 0 saturated heterocycles. The van der Waals surface area contributed by atoms with Crippen molar-refractivity contribution in [2.45, 2.75) is 27.2 Å². The molecule has 1 amide bonds. The van der Waals surface area contributed by atoms with Crippen LogP contribution >= 0.6 is 11.6 Å². The molecule has 0 spiro atoms. The number of carbonyl (C=O) groups is 1. The van der Waals surface area contributed by atoms with Gasteiger partial charge in [-0.2, -0.15) is 0 Å². The number of halogens is 1. The van der Waals surface area contributed by atoms with Crippen molar-refractivity contribution in [3.63, 3.8) is 0 Å². The average Bonchev–Trinajstić information content (AvgIpc) is 2.19. The van der Waals surface area contributed by atoms with Crippen LogP contribution in [-0.4, -0.2) is 22.4 Å². The lowest BCUT2D eigenvalue weighted by atomic mass is 10.2. The van der Waals surface area contributed by atoms with Crippen molar-refractivity contribution in [3.05, 3.63) is 22.2 Å². The molecule has 1 rings (SSSR count). The second-order valence-corrected chi connectivity index (χ2v) is 3.65. The van der Waals surface area contributed by atoms with Gasteiger partial charge in [0.05, 0.1) is 0 Å². The standard InChI is InChI=1S/C10H14ClN3O/c1-4-5-12-9(15)8-6(2)7(3)13-10(11)14-8/h4-5H2,1-3H3,(H,12,15). The zero-order valence-corrected chi connectivity index (χ0v) is 9.85. The molecule has 0 saturated carbocycles. The van der Waals surface area contributed by atoms with Gasteiger partial charge in [-0.05, 0) is 31.9 Å². The van der Waals surface area contributed by atoms with Crippen molar-refractivity contribution in [1.82, 2.24) is 15.3 Å². The minimum atomic E-state index is -0.193. The Bertz CT molecular complexity index is 379. The largest absolute Gasteiger partial charge is 0.351 e. The Morgan fingerprint density at radius 3 is 2.67 bits per heavy atom. The molecule has 0 unspecified atom stereocenters. The van der Waals surface area contributed by atoms with Gasteiger partial charge in [0.25, 0.3) is 5.91 Å². The second kappa shape index (κ2) is 5.07. The summed E-state index contributed by atoms with van der Waals surface area (Å²) in [6, 6.07) is 0. The quantitative estimate of drug-likeness (QED) is 0.803. The Kier molecular flexibility index (Phi) is 4.03. The van der Waals surface area contributed by atoms with E-state index in [1.165, 1.54) is 0 Å². The van der Waals surface area contributed by atoms with E-state index >= 15 is 0 Å². The number of nitrogens with one attached hydrogen (secondary N) is 1. The maximum Gasteiger partial charge on any atom is 0.270 e. The van der Waals surface area contributed by atoms with Gasteiger partial charge in [0.15, 0.2) is 0 Å². The van der Waals surface area contributed by atoms with E-state index in [1.807, 2.05) is 13.8 Å². The van der Waals surface area contributed by atoms with Gasteiger partial charge in [0, 0.05) is 17.8 Å². The highest BCUT2D eigenvalue weighted by atomic mass is 35.5. The Balaban J connectivity index is 2.98. The van der Waals surface area contributed by atoms with E-state index in [1.54, 1.807) is 6.92 Å². The first-order chi connectivity index (χ1) is 7.06. The molecule has 1 aromatic rings. The predicted molar refractivity (Wildman–Crippen MR) is 59.1 cm³/mol. The maximum absolute atomic E-state index is 11.7. The van der Waals surface area contributed by atoms with Crippen LogP contribution in [0.25, 0.3) is 0 Å². The first-order valence-corrected chi connectivity index (χ1v) is 5.23. The van der Waals surface area contributed by atoms with Gasteiger partial charge in [0.2, 0.25) is 5.28 Å². The molecule has 0 aromatic carbocycles. The topological polar surface area (TPSA) is 54.9 Å². The fraction of sp³-hybridized carbons (Fsp3) is 0.500. The Hall–Kier alpha value is -1.16. The number of aromatic nitrogens is 2. The van der Waals surface area contributed by atoms with E-state index in [-0.39, 0.29) is 11.2 Å². The zero-order chi connectivity index (χ0) is 11.4. The third-order valence-corrected chi connectivity index (χ3v) is 2.28. The third-order valence-electron chi connectivity index (χ3n) is 2.11. The molecule has 0 atom stereocenters. The fourth-order valence-corrected chi connectivity index (χ4v) is 1.35. The summed E-state index contributed by atoms with van der Waals surface area (Å²) in [6.07, 6.45) is 0.891. The SMILES string of the molecule is CCCNC(=O)c1nc(Cl)nc(C)c1C. The number of carbonyl (C=O) groups excluding carboxylic acids is 1. The fourth-order valence-electron chi connectivity index (χ4n) is 1.14. The maximum atomic E-state index is 11.7. The minimum Gasteiger partial charge on any atom is -0.351 e. The molecule has 82 valence electrons. The average molecular weight is 228 g/mol. The Labute approximate surface area is 94.1 Å². The van der Waals surface area contributed by atoms with Crippen LogP contribution in [0.2, 0.25) is 5.28 Å². The molecule has 0 radical (unpaired) electrons. The molecule has 1 aromatic heterocycles. The molecule has 15 heavy (non-hydrogen) atoms. The normalized spacial score (nSPS) is 10.1. The molecule has 1 heterocycles. The number of aryl methyl sites for hydroxylation is 1. The monoisotopic (exact) mass is 227 g/mol. The van der Waals surface area contributed by atoms with Crippen LogP contribution in [0.4, 0.5) is 0 Å². The molecule has 0 fully saturated rings. The molecular weight excluding hydrogens is 214 g/mol. The van der Waals surface area contributed by atoms with Crippen molar-refractivity contribution in [2.24, 2.45) is 0 Å². The van der Waals surface area contributed by atoms with Crippen LogP contribution in [0.3, 0.4) is 0 Å². The number of rotatable bonds is 3. The van der Waals surface area contributed by atoms with E-state index < -0.39 is 0 Å². The number of amides is 1. The van der Waals surface area contributed by atoms with Gasteiger partial charge in [-0.3, -0.25) is 4.79 Å². The van der Waals surface area contributed by atoms with Gasteiger partial charge in [-0.1, -0.05) is 6.92 Å². The highest BCUT2D eigenvalue weighted by molar-refractivity contribution is 6.28. The van der Waals surface area contributed by atoms with Crippen LogP contribution < -0.4 is 5.32 Å². The van der Waals surface area contributed by atoms with Crippen LogP contribution in [0, 0.1) is 13.8 Å². The van der Waals surface area contributed by atoms with Gasteiger partial charge in [-0.25, -0.2) is 9.97 Å². The first-order valence-electron chi connectivity index (χ1n) is 4.85. The van der Waals surface area contributed by atoms with Gasteiger partial charge >= 0.3 is 0 Å². The highest BCUT2D eigenvalue weighted by Crippen LogP contribution is 2.12. The first kappa shape index (κ1) is 11.9. The summed E-state index contributed by atoms with van der Waals surface area (Å²) >= 11 is 5.70. The van der Waals surface area contributed by atoms with E-state index in [9.17, 15) is 4.79 Å². The second-order valence-electron chi connectivity index (χ2n) is 3.31. The summed E-state index contributed by atoms with van der Waals surface area (Å²) < 4.78 is 0. The molecule has 0 aliphatic heterocycles. The van der Waals surface area contributed by atoms with Gasteiger partial charge in [-0.15, -0.1) is 0 Å².